The average Bonchev–Trinajstić information content (AvgIpc) is 2.91. The predicted octanol–water partition coefficient (Wildman–Crippen LogP) is 3.10. The highest BCUT2D eigenvalue weighted by Gasteiger charge is 2.09. The molecule has 1 N–H and O–H groups in total. The van der Waals surface area contributed by atoms with E-state index >= 15 is 0 Å². The molecule has 1 amide bonds. The molecule has 0 spiro atoms. The Morgan fingerprint density at radius 1 is 1.24 bits per heavy atom. The van der Waals surface area contributed by atoms with Crippen LogP contribution < -0.4 is 10.2 Å². The lowest BCUT2D eigenvalue weighted by Crippen LogP contribution is -2.35. The van der Waals surface area contributed by atoms with Gasteiger partial charge in [0.05, 0.1) is 6.42 Å². The van der Waals surface area contributed by atoms with Crippen LogP contribution in [-0.4, -0.2) is 26.0 Å². The fraction of sp³-hybridized carbons (Fsp3) is 0.353. The Hall–Kier alpha value is -1.81. The van der Waals surface area contributed by atoms with Crippen LogP contribution in [0.15, 0.2) is 41.8 Å². The zero-order valence-corrected chi connectivity index (χ0v) is 13.6. The summed E-state index contributed by atoms with van der Waals surface area (Å²) in [6.45, 7) is 2.05. The van der Waals surface area contributed by atoms with Crippen LogP contribution in [0.4, 0.5) is 5.69 Å². The topological polar surface area (TPSA) is 32.3 Å². The van der Waals surface area contributed by atoms with Gasteiger partial charge in [-0.1, -0.05) is 18.2 Å². The molecule has 0 bridgehead atoms. The van der Waals surface area contributed by atoms with Gasteiger partial charge in [0.25, 0.3) is 0 Å². The number of carbonyl (C=O) groups is 1. The smallest absolute Gasteiger partial charge is 0.225 e. The molecule has 0 aliphatic heterocycles. The zero-order chi connectivity index (χ0) is 15.2. The fourth-order valence-corrected chi connectivity index (χ4v) is 2.94. The Morgan fingerprint density at radius 3 is 2.52 bits per heavy atom. The number of rotatable bonds is 6. The third-order valence-electron chi connectivity index (χ3n) is 3.32. The van der Waals surface area contributed by atoms with E-state index in [4.69, 9.17) is 0 Å². The lowest BCUT2D eigenvalue weighted by atomic mass is 10.1. The van der Waals surface area contributed by atoms with Crippen LogP contribution in [0.25, 0.3) is 0 Å². The van der Waals surface area contributed by atoms with Crippen molar-refractivity contribution in [3.63, 3.8) is 0 Å². The van der Waals surface area contributed by atoms with E-state index in [1.54, 1.807) is 11.3 Å². The van der Waals surface area contributed by atoms with Gasteiger partial charge in [-0.2, -0.15) is 0 Å². The van der Waals surface area contributed by atoms with Crippen molar-refractivity contribution in [3.05, 3.63) is 52.2 Å². The maximum Gasteiger partial charge on any atom is 0.225 e. The molecule has 0 aliphatic rings. The first-order chi connectivity index (χ1) is 10.0. The van der Waals surface area contributed by atoms with Gasteiger partial charge in [0.1, 0.15) is 0 Å². The Labute approximate surface area is 130 Å². The number of nitrogens with one attached hydrogen (secondary N) is 1. The molecule has 1 aromatic carbocycles. The van der Waals surface area contributed by atoms with Crippen molar-refractivity contribution in [2.45, 2.75) is 25.8 Å². The third kappa shape index (κ3) is 4.90. The minimum Gasteiger partial charge on any atom is -0.378 e. The van der Waals surface area contributed by atoms with E-state index in [0.717, 1.165) is 11.3 Å². The summed E-state index contributed by atoms with van der Waals surface area (Å²) < 4.78 is 0. The molecule has 0 fully saturated rings. The first-order valence-electron chi connectivity index (χ1n) is 7.12. The van der Waals surface area contributed by atoms with Crippen LogP contribution in [0.5, 0.6) is 0 Å². The van der Waals surface area contributed by atoms with Gasteiger partial charge in [-0.15, -0.1) is 11.3 Å². The van der Waals surface area contributed by atoms with Crippen molar-refractivity contribution in [2.24, 2.45) is 0 Å². The number of amides is 1. The standard InChI is InChI=1S/C17H22N2OS/c1-13(18-17(20)12-16-5-4-10-21-16)11-14-6-8-15(9-7-14)19(2)3/h4-10,13H,11-12H2,1-3H3,(H,18,20)/t13-/m1/s1. The lowest BCUT2D eigenvalue weighted by Gasteiger charge is -2.16. The monoisotopic (exact) mass is 302 g/mol. The molecule has 0 radical (unpaired) electrons. The zero-order valence-electron chi connectivity index (χ0n) is 12.8. The summed E-state index contributed by atoms with van der Waals surface area (Å²) in [5.41, 5.74) is 2.43. The van der Waals surface area contributed by atoms with Gasteiger partial charge in [0.15, 0.2) is 0 Å². The number of anilines is 1. The summed E-state index contributed by atoms with van der Waals surface area (Å²) >= 11 is 1.62. The SMILES string of the molecule is C[C@H](Cc1ccc(N(C)C)cc1)NC(=O)Cc1cccs1. The van der Waals surface area contributed by atoms with Crippen LogP contribution in [-0.2, 0) is 17.6 Å². The van der Waals surface area contributed by atoms with Crippen molar-refractivity contribution >= 4 is 22.9 Å². The van der Waals surface area contributed by atoms with E-state index in [-0.39, 0.29) is 11.9 Å². The van der Waals surface area contributed by atoms with Crippen molar-refractivity contribution in [1.29, 1.82) is 0 Å². The van der Waals surface area contributed by atoms with Crippen LogP contribution in [0.3, 0.4) is 0 Å². The molecule has 1 atom stereocenters. The molecule has 0 saturated carbocycles. The molecule has 2 rings (SSSR count). The van der Waals surface area contributed by atoms with Crippen LogP contribution in [0, 0.1) is 0 Å². The molecule has 112 valence electrons. The number of nitrogens with zero attached hydrogens (tertiary/aromatic N) is 1. The quantitative estimate of drug-likeness (QED) is 0.889. The van der Waals surface area contributed by atoms with Gasteiger partial charge in [-0.25, -0.2) is 0 Å². The van der Waals surface area contributed by atoms with Gasteiger partial charge in [-0.05, 0) is 42.5 Å². The minimum absolute atomic E-state index is 0.0925. The molecule has 1 aromatic heterocycles. The number of benzene rings is 1. The van der Waals surface area contributed by atoms with E-state index in [9.17, 15) is 4.79 Å². The normalized spacial score (nSPS) is 12.0. The summed E-state index contributed by atoms with van der Waals surface area (Å²) in [5, 5.41) is 5.06. The number of hydrogen-bond donors (Lipinski definition) is 1. The van der Waals surface area contributed by atoms with Crippen LogP contribution in [0.2, 0.25) is 0 Å². The fourth-order valence-electron chi connectivity index (χ4n) is 2.23. The summed E-state index contributed by atoms with van der Waals surface area (Å²) in [5.74, 6) is 0.0925. The molecular weight excluding hydrogens is 280 g/mol. The Kier molecular flexibility index (Phi) is 5.39. The molecular formula is C17H22N2OS. The lowest BCUT2D eigenvalue weighted by molar-refractivity contribution is -0.120. The Morgan fingerprint density at radius 2 is 1.95 bits per heavy atom. The first-order valence-corrected chi connectivity index (χ1v) is 8.00. The highest BCUT2D eigenvalue weighted by Crippen LogP contribution is 2.14. The second kappa shape index (κ2) is 7.27. The first kappa shape index (κ1) is 15.6. The van der Waals surface area contributed by atoms with E-state index in [2.05, 4.69) is 34.5 Å². The maximum absolute atomic E-state index is 11.9. The summed E-state index contributed by atoms with van der Waals surface area (Å²) in [6.07, 6.45) is 1.32. The molecule has 2 aromatic rings. The van der Waals surface area contributed by atoms with Crippen molar-refractivity contribution in [3.8, 4) is 0 Å². The summed E-state index contributed by atoms with van der Waals surface area (Å²) in [7, 11) is 4.06. The highest BCUT2D eigenvalue weighted by molar-refractivity contribution is 7.10. The van der Waals surface area contributed by atoms with Crippen molar-refractivity contribution in [2.75, 3.05) is 19.0 Å². The molecule has 4 heteroatoms. The molecule has 0 saturated heterocycles. The highest BCUT2D eigenvalue weighted by atomic mass is 32.1. The van der Waals surface area contributed by atoms with Crippen molar-refractivity contribution < 1.29 is 4.79 Å². The summed E-state index contributed by atoms with van der Waals surface area (Å²) in [4.78, 5) is 15.1. The van der Waals surface area contributed by atoms with Gasteiger partial charge in [-0.3, -0.25) is 4.79 Å². The predicted molar refractivity (Wildman–Crippen MR) is 90.1 cm³/mol. The Bertz CT molecular complexity index is 561. The van der Waals surface area contributed by atoms with E-state index < -0.39 is 0 Å². The Balaban J connectivity index is 1.83. The number of hydrogen-bond acceptors (Lipinski definition) is 3. The van der Waals surface area contributed by atoms with Gasteiger partial charge < -0.3 is 10.2 Å². The molecule has 0 unspecified atom stereocenters. The number of carbonyl (C=O) groups excluding carboxylic acids is 1. The second-order valence-corrected chi connectivity index (χ2v) is 6.52. The molecule has 0 aliphatic carbocycles. The van der Waals surface area contributed by atoms with Crippen LogP contribution in [0.1, 0.15) is 17.4 Å². The van der Waals surface area contributed by atoms with E-state index in [1.807, 2.05) is 38.5 Å². The average molecular weight is 302 g/mol. The molecule has 3 nitrogen and oxygen atoms in total. The van der Waals surface area contributed by atoms with Gasteiger partial charge in [0, 0.05) is 30.7 Å². The molecule has 1 heterocycles. The summed E-state index contributed by atoms with van der Waals surface area (Å²) in [6, 6.07) is 12.6. The minimum atomic E-state index is 0.0925. The van der Waals surface area contributed by atoms with Crippen molar-refractivity contribution in [1.82, 2.24) is 5.32 Å². The van der Waals surface area contributed by atoms with E-state index in [1.165, 1.54) is 11.3 Å². The van der Waals surface area contributed by atoms with Gasteiger partial charge >= 0.3 is 0 Å². The van der Waals surface area contributed by atoms with Gasteiger partial charge in [0.2, 0.25) is 5.91 Å². The number of thiophene rings is 1. The maximum atomic E-state index is 11.9. The third-order valence-corrected chi connectivity index (χ3v) is 4.19. The van der Waals surface area contributed by atoms with E-state index in [0.29, 0.717) is 6.42 Å². The second-order valence-electron chi connectivity index (χ2n) is 5.49. The van der Waals surface area contributed by atoms with Crippen LogP contribution >= 0.6 is 11.3 Å². The molecule has 21 heavy (non-hydrogen) atoms. The largest absolute Gasteiger partial charge is 0.378 e.